The van der Waals surface area contributed by atoms with Crippen LogP contribution >= 0.6 is 0 Å². The van der Waals surface area contributed by atoms with E-state index in [9.17, 15) is 19.8 Å². The number of aliphatic hydroxyl groups is 1. The van der Waals surface area contributed by atoms with Gasteiger partial charge in [-0.25, -0.2) is 0 Å². The van der Waals surface area contributed by atoms with Gasteiger partial charge in [-0.2, -0.15) is 0 Å². The predicted octanol–water partition coefficient (Wildman–Crippen LogP) is 5.29. The maximum atomic E-state index is 13.2. The average molecular weight is 458 g/mol. The summed E-state index contributed by atoms with van der Waals surface area (Å²) < 4.78 is 5.58. The number of phenolic OH excluding ortho intramolecular Hbond substituents is 1. The van der Waals surface area contributed by atoms with Crippen molar-refractivity contribution >= 4 is 23.1 Å². The third kappa shape index (κ3) is 4.15. The van der Waals surface area contributed by atoms with Crippen molar-refractivity contribution in [2.45, 2.75) is 33.2 Å². The van der Waals surface area contributed by atoms with Crippen LogP contribution in [0.4, 0.5) is 5.69 Å². The van der Waals surface area contributed by atoms with E-state index in [4.69, 9.17) is 4.74 Å². The number of Topliss-reactive ketones (excluding diaryl/α,β-unsaturated/α-hetero) is 1. The molecule has 1 saturated heterocycles. The minimum Gasteiger partial charge on any atom is -0.508 e. The first-order chi connectivity index (χ1) is 16.3. The molecule has 0 aromatic heterocycles. The highest BCUT2D eigenvalue weighted by molar-refractivity contribution is 6.51. The normalized spacial score (nSPS) is 17.3. The lowest BCUT2D eigenvalue weighted by molar-refractivity contribution is -0.132. The molecule has 1 fully saturated rings. The molecule has 1 heterocycles. The maximum Gasteiger partial charge on any atom is 0.300 e. The van der Waals surface area contributed by atoms with Gasteiger partial charge in [-0.15, -0.1) is 0 Å². The highest BCUT2D eigenvalue weighted by Gasteiger charge is 2.47. The van der Waals surface area contributed by atoms with Gasteiger partial charge in [0.25, 0.3) is 11.7 Å². The zero-order valence-corrected chi connectivity index (χ0v) is 19.4. The molecule has 1 atom stereocenters. The van der Waals surface area contributed by atoms with Crippen LogP contribution < -0.4 is 9.64 Å². The van der Waals surface area contributed by atoms with Crippen molar-refractivity contribution in [1.82, 2.24) is 0 Å². The molecule has 2 N–H and O–H groups in total. The topological polar surface area (TPSA) is 87.1 Å². The van der Waals surface area contributed by atoms with Crippen LogP contribution in [-0.4, -0.2) is 28.5 Å². The number of hydrogen-bond donors (Lipinski definition) is 2. The largest absolute Gasteiger partial charge is 0.508 e. The molecule has 0 radical (unpaired) electrons. The van der Waals surface area contributed by atoms with Gasteiger partial charge in [-0.05, 0) is 79.4 Å². The highest BCUT2D eigenvalue weighted by Crippen LogP contribution is 2.42. The number of benzene rings is 3. The molecule has 3 aromatic carbocycles. The van der Waals surface area contributed by atoms with E-state index in [-0.39, 0.29) is 17.1 Å². The summed E-state index contributed by atoms with van der Waals surface area (Å²) in [5.41, 5.74) is 3.48. The third-order valence-electron chi connectivity index (χ3n) is 6.02. The molecule has 1 aliphatic rings. The van der Waals surface area contributed by atoms with Crippen molar-refractivity contribution < 1.29 is 24.5 Å². The molecule has 0 spiro atoms. The molecule has 1 unspecified atom stereocenters. The predicted molar refractivity (Wildman–Crippen MR) is 131 cm³/mol. The number of rotatable bonds is 6. The molecule has 1 aliphatic heterocycles. The van der Waals surface area contributed by atoms with Gasteiger partial charge in [0.05, 0.1) is 18.2 Å². The lowest BCUT2D eigenvalue weighted by Crippen LogP contribution is -2.29. The van der Waals surface area contributed by atoms with Crippen molar-refractivity contribution in [3.8, 4) is 11.5 Å². The van der Waals surface area contributed by atoms with Crippen LogP contribution in [0.2, 0.25) is 0 Å². The molecule has 4 rings (SSSR count). The van der Waals surface area contributed by atoms with E-state index >= 15 is 0 Å². The van der Waals surface area contributed by atoms with Crippen LogP contribution in [-0.2, 0) is 16.0 Å². The van der Waals surface area contributed by atoms with E-state index < -0.39 is 17.7 Å². The Kier molecular flexibility index (Phi) is 6.41. The van der Waals surface area contributed by atoms with Crippen molar-refractivity contribution in [3.05, 3.63) is 94.6 Å². The molecular weight excluding hydrogens is 430 g/mol. The van der Waals surface area contributed by atoms with Gasteiger partial charge in [0.1, 0.15) is 17.3 Å². The highest BCUT2D eigenvalue weighted by atomic mass is 16.5. The number of carbonyl (C=O) groups excluding carboxylic acids is 2. The number of ether oxygens (including phenoxy) is 1. The first kappa shape index (κ1) is 23.1. The molecule has 34 heavy (non-hydrogen) atoms. The number of aliphatic hydroxyl groups excluding tert-OH is 1. The molecule has 6 nitrogen and oxygen atoms in total. The fraction of sp³-hybridized carbons (Fsp3) is 0.214. The van der Waals surface area contributed by atoms with Crippen LogP contribution in [0.5, 0.6) is 11.5 Å². The van der Waals surface area contributed by atoms with Crippen LogP contribution in [0.15, 0.2) is 72.3 Å². The molecular formula is C28H27NO5. The number of phenols is 1. The zero-order valence-electron chi connectivity index (χ0n) is 19.4. The molecule has 0 bridgehead atoms. The summed E-state index contributed by atoms with van der Waals surface area (Å²) in [5, 5.41) is 21.1. The number of hydrogen-bond acceptors (Lipinski definition) is 5. The number of anilines is 1. The van der Waals surface area contributed by atoms with E-state index in [0.29, 0.717) is 29.2 Å². The van der Waals surface area contributed by atoms with Crippen molar-refractivity contribution in [1.29, 1.82) is 0 Å². The van der Waals surface area contributed by atoms with Crippen LogP contribution in [0.3, 0.4) is 0 Å². The first-order valence-corrected chi connectivity index (χ1v) is 11.3. The zero-order chi connectivity index (χ0) is 24.4. The number of aryl methyl sites for hydroxylation is 2. The van der Waals surface area contributed by atoms with Gasteiger partial charge in [-0.3, -0.25) is 14.5 Å². The average Bonchev–Trinajstić information content (AvgIpc) is 3.11. The Morgan fingerprint density at radius 3 is 2.24 bits per heavy atom. The maximum absolute atomic E-state index is 13.2. The Morgan fingerprint density at radius 2 is 1.65 bits per heavy atom. The molecule has 0 saturated carbocycles. The molecule has 6 heteroatoms. The SMILES string of the molecule is CCOc1ccc(/C(O)=C2/C(=O)C(=O)N(c3ccc(CC)cc3)C2c2ccc(O)cc2)cc1C. The molecule has 174 valence electrons. The van der Waals surface area contributed by atoms with Crippen LogP contribution in [0.25, 0.3) is 5.76 Å². The van der Waals surface area contributed by atoms with Crippen LogP contribution in [0.1, 0.15) is 42.1 Å². The van der Waals surface area contributed by atoms with Crippen LogP contribution in [0, 0.1) is 6.92 Å². The van der Waals surface area contributed by atoms with E-state index in [1.54, 1.807) is 42.5 Å². The Morgan fingerprint density at radius 1 is 0.971 bits per heavy atom. The summed E-state index contributed by atoms with van der Waals surface area (Å²) in [6.07, 6.45) is 0.845. The number of nitrogens with zero attached hydrogens (tertiary/aromatic N) is 1. The summed E-state index contributed by atoms with van der Waals surface area (Å²) in [6, 6.07) is 18.0. The second kappa shape index (κ2) is 9.43. The summed E-state index contributed by atoms with van der Waals surface area (Å²) in [6.45, 7) is 6.29. The number of amides is 1. The van der Waals surface area contributed by atoms with E-state index in [1.807, 2.05) is 32.9 Å². The van der Waals surface area contributed by atoms with Gasteiger partial charge in [-0.1, -0.05) is 31.2 Å². The van der Waals surface area contributed by atoms with E-state index in [1.165, 1.54) is 17.0 Å². The number of aromatic hydroxyl groups is 1. The Labute approximate surface area is 198 Å². The van der Waals surface area contributed by atoms with Crippen molar-refractivity contribution in [3.63, 3.8) is 0 Å². The summed E-state index contributed by atoms with van der Waals surface area (Å²) in [5.74, 6) is -0.982. The second-order valence-electron chi connectivity index (χ2n) is 8.19. The standard InChI is InChI=1S/C28H27NO5/c1-4-18-6-11-21(12-7-18)29-25(19-8-13-22(30)14-9-19)24(27(32)28(29)33)26(31)20-10-15-23(34-5-2)17(3)16-20/h6-16,25,30-31H,4-5H2,1-3H3/b26-24-. The van der Waals surface area contributed by atoms with Crippen molar-refractivity contribution in [2.75, 3.05) is 11.5 Å². The minimum atomic E-state index is -0.847. The molecule has 0 aliphatic carbocycles. The fourth-order valence-electron chi connectivity index (χ4n) is 4.23. The minimum absolute atomic E-state index is 0.00109. The quantitative estimate of drug-likeness (QED) is 0.298. The first-order valence-electron chi connectivity index (χ1n) is 11.3. The number of carbonyl (C=O) groups is 2. The Bertz CT molecular complexity index is 1260. The molecule has 3 aromatic rings. The Balaban J connectivity index is 1.89. The summed E-state index contributed by atoms with van der Waals surface area (Å²) >= 11 is 0. The van der Waals surface area contributed by atoms with Gasteiger partial charge in [0.15, 0.2) is 0 Å². The monoisotopic (exact) mass is 457 g/mol. The summed E-state index contributed by atoms with van der Waals surface area (Å²) in [7, 11) is 0. The van der Waals surface area contributed by atoms with Gasteiger partial charge in [0, 0.05) is 11.3 Å². The Hall–Kier alpha value is -4.06. The van der Waals surface area contributed by atoms with Gasteiger partial charge in [0.2, 0.25) is 0 Å². The van der Waals surface area contributed by atoms with Crippen molar-refractivity contribution in [2.24, 2.45) is 0 Å². The van der Waals surface area contributed by atoms with E-state index in [0.717, 1.165) is 17.5 Å². The summed E-state index contributed by atoms with van der Waals surface area (Å²) in [4.78, 5) is 27.9. The fourth-order valence-corrected chi connectivity index (χ4v) is 4.23. The van der Waals surface area contributed by atoms with Gasteiger partial charge >= 0.3 is 0 Å². The lowest BCUT2D eigenvalue weighted by atomic mass is 9.94. The number of ketones is 1. The molecule has 1 amide bonds. The third-order valence-corrected chi connectivity index (χ3v) is 6.02. The smallest absolute Gasteiger partial charge is 0.300 e. The van der Waals surface area contributed by atoms with E-state index in [2.05, 4.69) is 0 Å². The lowest BCUT2D eigenvalue weighted by Gasteiger charge is -2.25. The second-order valence-corrected chi connectivity index (χ2v) is 8.19. The van der Waals surface area contributed by atoms with Gasteiger partial charge < -0.3 is 14.9 Å².